The van der Waals surface area contributed by atoms with Crippen molar-refractivity contribution in [1.29, 1.82) is 0 Å². The summed E-state index contributed by atoms with van der Waals surface area (Å²) >= 11 is 0. The van der Waals surface area contributed by atoms with Crippen LogP contribution in [0.1, 0.15) is 48.4 Å². The van der Waals surface area contributed by atoms with Crippen molar-refractivity contribution >= 4 is 11.7 Å². The molecule has 146 valence electrons. The lowest BCUT2D eigenvalue weighted by Gasteiger charge is -2.48. The van der Waals surface area contributed by atoms with E-state index in [4.69, 9.17) is 4.74 Å². The topological polar surface area (TPSA) is 70.6 Å². The van der Waals surface area contributed by atoms with Crippen LogP contribution in [-0.4, -0.2) is 22.8 Å². The third-order valence-electron chi connectivity index (χ3n) is 6.24. The number of carbonyl (C=O) groups excluding carboxylic acids is 1. The van der Waals surface area contributed by atoms with Crippen LogP contribution >= 0.6 is 0 Å². The van der Waals surface area contributed by atoms with Crippen LogP contribution in [0.4, 0.5) is 14.9 Å². The van der Waals surface area contributed by atoms with E-state index in [-0.39, 0.29) is 23.5 Å². The number of halogens is 1. The van der Waals surface area contributed by atoms with Gasteiger partial charge in [-0.1, -0.05) is 12.1 Å². The van der Waals surface area contributed by atoms with Crippen LogP contribution in [0.25, 0.3) is 0 Å². The Hall–Kier alpha value is -2.60. The number of hydrogen-bond acceptors (Lipinski definition) is 3. The fourth-order valence-corrected chi connectivity index (χ4v) is 4.71. The van der Waals surface area contributed by atoms with Gasteiger partial charge in [-0.05, 0) is 61.1 Å². The minimum atomic E-state index is -0.398. The van der Waals surface area contributed by atoms with Crippen LogP contribution in [0.3, 0.4) is 0 Å². The van der Waals surface area contributed by atoms with Crippen molar-refractivity contribution in [2.75, 3.05) is 5.32 Å². The van der Waals surface area contributed by atoms with Gasteiger partial charge in [0.05, 0.1) is 12.1 Å². The number of urea groups is 1. The van der Waals surface area contributed by atoms with Gasteiger partial charge in [-0.3, -0.25) is 0 Å². The van der Waals surface area contributed by atoms with Crippen LogP contribution in [-0.2, 0) is 12.8 Å². The summed E-state index contributed by atoms with van der Waals surface area (Å²) in [6.45, 7) is 0. The Labute approximate surface area is 162 Å². The molecule has 1 heterocycles. The third kappa shape index (κ3) is 3.02. The van der Waals surface area contributed by atoms with Gasteiger partial charge in [0, 0.05) is 24.1 Å². The van der Waals surface area contributed by atoms with Crippen molar-refractivity contribution in [2.45, 2.75) is 56.3 Å². The molecule has 2 aromatic rings. The number of nitrogens with one attached hydrogen (secondary N) is 2. The molecule has 0 bridgehead atoms. The highest BCUT2D eigenvalue weighted by Gasteiger charge is 2.46. The Balaban J connectivity index is 1.37. The van der Waals surface area contributed by atoms with Gasteiger partial charge in [0.15, 0.2) is 0 Å². The largest absolute Gasteiger partial charge is 0.487 e. The summed E-state index contributed by atoms with van der Waals surface area (Å²) in [5, 5.41) is 15.9. The van der Waals surface area contributed by atoms with Gasteiger partial charge in [-0.25, -0.2) is 9.18 Å². The van der Waals surface area contributed by atoms with E-state index in [1.54, 1.807) is 6.07 Å². The van der Waals surface area contributed by atoms with Gasteiger partial charge in [0.1, 0.15) is 17.2 Å². The molecule has 1 fully saturated rings. The normalized spacial score (nSPS) is 23.9. The predicted octanol–water partition coefficient (Wildman–Crippen LogP) is 3.85. The molecule has 6 heteroatoms. The molecule has 0 saturated heterocycles. The molecule has 28 heavy (non-hydrogen) atoms. The molecule has 3 aliphatic rings. The monoisotopic (exact) mass is 382 g/mol. The maximum absolute atomic E-state index is 13.8. The summed E-state index contributed by atoms with van der Waals surface area (Å²) in [5.41, 5.74) is 3.20. The molecule has 3 N–H and O–H groups in total. The summed E-state index contributed by atoms with van der Waals surface area (Å²) in [7, 11) is 0. The first kappa shape index (κ1) is 17.5. The van der Waals surface area contributed by atoms with Crippen LogP contribution in [0.15, 0.2) is 36.4 Å². The van der Waals surface area contributed by atoms with E-state index in [1.165, 1.54) is 12.1 Å². The maximum atomic E-state index is 13.8. The zero-order valence-corrected chi connectivity index (χ0v) is 15.5. The highest BCUT2D eigenvalue weighted by molar-refractivity contribution is 5.90. The number of hydrogen-bond donors (Lipinski definition) is 3. The van der Waals surface area contributed by atoms with Crippen LogP contribution in [0, 0.1) is 5.82 Å². The number of ether oxygens (including phenoxy) is 1. The molecular weight excluding hydrogens is 359 g/mol. The second kappa shape index (κ2) is 6.48. The fourth-order valence-electron chi connectivity index (χ4n) is 4.71. The summed E-state index contributed by atoms with van der Waals surface area (Å²) in [6.07, 6.45) is 4.41. The standard InChI is InChI=1S/C22H23FN2O3/c23-14-5-6-20-17(10-14)19(12-22(28-20)7-2-8-22)25-21(27)24-18-4-1-3-13-9-15(26)11-16(13)18/h1,3-6,10,15,19,26H,2,7-9,11-12H2,(H2,24,25,27)/t15-,19+/m0/s1. The molecule has 5 rings (SSSR count). The second-order valence-electron chi connectivity index (χ2n) is 8.18. The number of aliphatic hydroxyl groups excluding tert-OH is 1. The predicted molar refractivity (Wildman–Crippen MR) is 103 cm³/mol. The SMILES string of the molecule is O=C(Nc1cccc2c1C[C@@H](O)C2)N[C@@H]1CC2(CCC2)Oc2ccc(F)cc21. The van der Waals surface area contributed by atoms with E-state index in [0.29, 0.717) is 30.6 Å². The fraction of sp³-hybridized carbons (Fsp3) is 0.409. The lowest BCUT2D eigenvalue weighted by molar-refractivity contribution is -0.0355. The molecule has 0 unspecified atom stereocenters. The van der Waals surface area contributed by atoms with Crippen LogP contribution in [0.2, 0.25) is 0 Å². The number of rotatable bonds is 2. The first-order valence-electron chi connectivity index (χ1n) is 9.86. The summed E-state index contributed by atoms with van der Waals surface area (Å²) in [4.78, 5) is 12.8. The van der Waals surface area contributed by atoms with E-state index in [2.05, 4.69) is 10.6 Å². The van der Waals surface area contributed by atoms with Crippen molar-refractivity contribution in [3.05, 3.63) is 58.9 Å². The van der Waals surface area contributed by atoms with E-state index in [1.807, 2.05) is 18.2 Å². The van der Waals surface area contributed by atoms with Gasteiger partial charge in [0.2, 0.25) is 0 Å². The van der Waals surface area contributed by atoms with Gasteiger partial charge >= 0.3 is 6.03 Å². The van der Waals surface area contributed by atoms with Gasteiger partial charge in [0.25, 0.3) is 0 Å². The lowest BCUT2D eigenvalue weighted by Crippen LogP contribution is -2.50. The molecule has 1 saturated carbocycles. The van der Waals surface area contributed by atoms with Crippen molar-refractivity contribution < 1.29 is 19.0 Å². The minimum absolute atomic E-state index is 0.249. The minimum Gasteiger partial charge on any atom is -0.487 e. The number of carbonyl (C=O) groups is 1. The summed E-state index contributed by atoms with van der Waals surface area (Å²) in [5.74, 6) is 0.315. The summed E-state index contributed by atoms with van der Waals surface area (Å²) in [6, 6.07) is 9.58. The molecule has 5 nitrogen and oxygen atoms in total. The number of amides is 2. The van der Waals surface area contributed by atoms with Crippen molar-refractivity contribution in [3.8, 4) is 5.75 Å². The maximum Gasteiger partial charge on any atom is 0.319 e. The zero-order valence-electron chi connectivity index (χ0n) is 15.5. The molecular formula is C22H23FN2O3. The molecule has 0 radical (unpaired) electrons. The number of benzene rings is 2. The van der Waals surface area contributed by atoms with Gasteiger partial charge < -0.3 is 20.5 Å². The lowest BCUT2D eigenvalue weighted by atomic mass is 9.73. The van der Waals surface area contributed by atoms with Crippen LogP contribution in [0.5, 0.6) is 5.75 Å². The third-order valence-corrected chi connectivity index (χ3v) is 6.24. The van der Waals surface area contributed by atoms with E-state index in [9.17, 15) is 14.3 Å². The second-order valence-corrected chi connectivity index (χ2v) is 8.18. The Morgan fingerprint density at radius 2 is 2.07 bits per heavy atom. The Bertz CT molecular complexity index is 941. The average Bonchev–Trinajstić information content (AvgIpc) is 3.02. The average molecular weight is 382 g/mol. The zero-order chi connectivity index (χ0) is 19.3. The Morgan fingerprint density at radius 3 is 2.86 bits per heavy atom. The Kier molecular flexibility index (Phi) is 4.05. The highest BCUT2D eigenvalue weighted by Crippen LogP contribution is 2.49. The van der Waals surface area contributed by atoms with E-state index >= 15 is 0 Å². The van der Waals surface area contributed by atoms with Gasteiger partial charge in [-0.2, -0.15) is 0 Å². The molecule has 2 aromatic carbocycles. The van der Waals surface area contributed by atoms with E-state index in [0.717, 1.165) is 36.1 Å². The Morgan fingerprint density at radius 1 is 1.21 bits per heavy atom. The van der Waals surface area contributed by atoms with Crippen molar-refractivity contribution in [2.24, 2.45) is 0 Å². The van der Waals surface area contributed by atoms with Crippen LogP contribution < -0.4 is 15.4 Å². The number of aliphatic hydroxyl groups is 1. The molecule has 2 amide bonds. The number of fused-ring (bicyclic) bond motifs is 2. The van der Waals surface area contributed by atoms with Crippen molar-refractivity contribution in [1.82, 2.24) is 5.32 Å². The highest BCUT2D eigenvalue weighted by atomic mass is 19.1. The smallest absolute Gasteiger partial charge is 0.319 e. The van der Waals surface area contributed by atoms with E-state index < -0.39 is 6.10 Å². The first-order valence-corrected chi connectivity index (χ1v) is 9.86. The molecule has 2 atom stereocenters. The molecule has 1 spiro atoms. The first-order chi connectivity index (χ1) is 13.5. The quantitative estimate of drug-likeness (QED) is 0.739. The molecule has 1 aliphatic heterocycles. The number of anilines is 1. The molecule has 2 aliphatic carbocycles. The summed E-state index contributed by atoms with van der Waals surface area (Å²) < 4.78 is 20.0. The van der Waals surface area contributed by atoms with Gasteiger partial charge in [-0.15, -0.1) is 0 Å². The molecule has 0 aromatic heterocycles. The van der Waals surface area contributed by atoms with Crippen molar-refractivity contribution in [3.63, 3.8) is 0 Å².